The van der Waals surface area contributed by atoms with E-state index >= 15 is 0 Å². The van der Waals surface area contributed by atoms with Crippen molar-refractivity contribution in [1.82, 2.24) is 0 Å². The van der Waals surface area contributed by atoms with Gasteiger partial charge in [0.2, 0.25) is 0 Å². The Morgan fingerprint density at radius 1 is 1.09 bits per heavy atom. The summed E-state index contributed by atoms with van der Waals surface area (Å²) in [5, 5.41) is 0. The lowest BCUT2D eigenvalue weighted by atomic mass is 10.2. The van der Waals surface area contributed by atoms with E-state index in [1.165, 1.54) is 6.08 Å². The minimum atomic E-state index is -0.416. The number of ether oxygens (including phenoxy) is 2. The topological polar surface area (TPSA) is 35.5 Å². The first-order valence-electron chi connectivity index (χ1n) is 7.39. The van der Waals surface area contributed by atoms with E-state index in [0.717, 1.165) is 16.9 Å². The first kappa shape index (κ1) is 16.4. The van der Waals surface area contributed by atoms with Gasteiger partial charge in [0.1, 0.15) is 5.75 Å². The van der Waals surface area contributed by atoms with Gasteiger partial charge in [-0.2, -0.15) is 0 Å². The molecular formula is C20H18O3. The Hall–Kier alpha value is -2.99. The second-order valence-corrected chi connectivity index (χ2v) is 4.61. The number of hydrogen-bond donors (Lipinski definition) is 0. The van der Waals surface area contributed by atoms with Crippen molar-refractivity contribution >= 4 is 12.0 Å². The Bertz CT molecular complexity index is 704. The summed E-state index contributed by atoms with van der Waals surface area (Å²) in [6, 6.07) is 17.0. The van der Waals surface area contributed by atoms with Crippen LogP contribution in [-0.4, -0.2) is 19.2 Å². The molecule has 23 heavy (non-hydrogen) atoms. The number of hydrogen-bond acceptors (Lipinski definition) is 3. The standard InChI is InChI=1S/C20H18O3/c1-2-22-19-13-10-18(11-14-19)12-15-20(21)23-16-6-9-17-7-4-3-5-8-17/h3-5,7-8,10-15H,2,16H2,1H3. The van der Waals surface area contributed by atoms with Crippen molar-refractivity contribution in [2.75, 3.05) is 13.2 Å². The molecular weight excluding hydrogens is 288 g/mol. The van der Waals surface area contributed by atoms with E-state index in [-0.39, 0.29) is 6.61 Å². The lowest BCUT2D eigenvalue weighted by Crippen LogP contribution is -2.00. The number of esters is 1. The molecule has 2 aromatic rings. The Morgan fingerprint density at radius 3 is 2.52 bits per heavy atom. The molecule has 0 bridgehead atoms. The molecule has 0 aromatic heterocycles. The third kappa shape index (κ3) is 6.11. The summed E-state index contributed by atoms with van der Waals surface area (Å²) in [5.74, 6) is 6.13. The maximum Gasteiger partial charge on any atom is 0.331 e. The molecule has 116 valence electrons. The first-order valence-corrected chi connectivity index (χ1v) is 7.39. The van der Waals surface area contributed by atoms with Crippen LogP contribution in [0.1, 0.15) is 18.1 Å². The van der Waals surface area contributed by atoms with Crippen LogP contribution in [0.5, 0.6) is 5.75 Å². The molecule has 2 rings (SSSR count). The van der Waals surface area contributed by atoms with Crippen LogP contribution < -0.4 is 4.74 Å². The Balaban J connectivity index is 1.79. The van der Waals surface area contributed by atoms with Crippen molar-refractivity contribution in [2.24, 2.45) is 0 Å². The molecule has 0 N–H and O–H groups in total. The van der Waals surface area contributed by atoms with E-state index in [1.807, 2.05) is 61.5 Å². The molecule has 0 saturated heterocycles. The van der Waals surface area contributed by atoms with Gasteiger partial charge < -0.3 is 9.47 Å². The van der Waals surface area contributed by atoms with Crippen LogP contribution in [0.15, 0.2) is 60.7 Å². The highest BCUT2D eigenvalue weighted by atomic mass is 16.5. The van der Waals surface area contributed by atoms with Crippen LogP contribution in [0, 0.1) is 11.8 Å². The largest absolute Gasteiger partial charge is 0.494 e. The zero-order valence-corrected chi connectivity index (χ0v) is 13.0. The minimum Gasteiger partial charge on any atom is -0.494 e. The maximum atomic E-state index is 11.6. The molecule has 0 aliphatic heterocycles. The molecule has 0 unspecified atom stereocenters. The summed E-state index contributed by atoms with van der Waals surface area (Å²) >= 11 is 0. The molecule has 3 nitrogen and oxygen atoms in total. The monoisotopic (exact) mass is 306 g/mol. The van der Waals surface area contributed by atoms with E-state index in [1.54, 1.807) is 6.08 Å². The number of benzene rings is 2. The first-order chi connectivity index (χ1) is 11.3. The van der Waals surface area contributed by atoms with Gasteiger partial charge in [0.15, 0.2) is 6.61 Å². The summed E-state index contributed by atoms with van der Waals surface area (Å²) in [6.45, 7) is 2.64. The normalized spacial score (nSPS) is 9.96. The van der Waals surface area contributed by atoms with Crippen molar-refractivity contribution in [3.05, 3.63) is 71.8 Å². The van der Waals surface area contributed by atoms with Crippen LogP contribution >= 0.6 is 0 Å². The molecule has 0 atom stereocenters. The lowest BCUT2D eigenvalue weighted by Gasteiger charge is -2.02. The zero-order chi connectivity index (χ0) is 16.3. The van der Waals surface area contributed by atoms with Gasteiger partial charge in [-0.15, -0.1) is 0 Å². The van der Waals surface area contributed by atoms with Crippen LogP contribution in [-0.2, 0) is 9.53 Å². The van der Waals surface area contributed by atoms with Gasteiger partial charge in [0, 0.05) is 11.6 Å². The molecule has 0 heterocycles. The molecule has 0 aliphatic carbocycles. The van der Waals surface area contributed by atoms with Crippen molar-refractivity contribution in [3.63, 3.8) is 0 Å². The van der Waals surface area contributed by atoms with E-state index in [4.69, 9.17) is 9.47 Å². The summed E-state index contributed by atoms with van der Waals surface area (Å²) in [6.07, 6.45) is 3.09. The molecule has 0 spiro atoms. The van der Waals surface area contributed by atoms with Gasteiger partial charge in [-0.25, -0.2) is 4.79 Å². The van der Waals surface area contributed by atoms with Crippen LogP contribution in [0.25, 0.3) is 6.08 Å². The fraction of sp³-hybridized carbons (Fsp3) is 0.150. The summed E-state index contributed by atoms with van der Waals surface area (Å²) in [5.41, 5.74) is 1.80. The molecule has 0 amide bonds. The number of rotatable bonds is 5. The van der Waals surface area contributed by atoms with Crippen LogP contribution in [0.2, 0.25) is 0 Å². The Morgan fingerprint density at radius 2 is 1.83 bits per heavy atom. The molecule has 2 aromatic carbocycles. The van der Waals surface area contributed by atoms with Gasteiger partial charge in [-0.3, -0.25) is 0 Å². The Kier molecular flexibility index (Phi) is 6.49. The van der Waals surface area contributed by atoms with Crippen molar-refractivity contribution in [3.8, 4) is 17.6 Å². The SMILES string of the molecule is CCOc1ccc(C=CC(=O)OCC#Cc2ccccc2)cc1. The van der Waals surface area contributed by atoms with Crippen molar-refractivity contribution in [1.29, 1.82) is 0 Å². The van der Waals surface area contributed by atoms with E-state index < -0.39 is 5.97 Å². The molecule has 0 fully saturated rings. The van der Waals surface area contributed by atoms with E-state index in [0.29, 0.717) is 6.61 Å². The van der Waals surface area contributed by atoms with Gasteiger partial charge >= 0.3 is 5.97 Å². The van der Waals surface area contributed by atoms with Gasteiger partial charge in [-0.05, 0) is 42.8 Å². The summed E-state index contributed by atoms with van der Waals surface area (Å²) in [7, 11) is 0. The predicted molar refractivity (Wildman–Crippen MR) is 90.9 cm³/mol. The van der Waals surface area contributed by atoms with Crippen molar-refractivity contribution < 1.29 is 14.3 Å². The molecule has 0 saturated carbocycles. The average molecular weight is 306 g/mol. The molecule has 3 heteroatoms. The van der Waals surface area contributed by atoms with Gasteiger partial charge in [0.05, 0.1) is 6.61 Å². The number of carbonyl (C=O) groups is 1. The second-order valence-electron chi connectivity index (χ2n) is 4.61. The maximum absolute atomic E-state index is 11.6. The summed E-state index contributed by atoms with van der Waals surface area (Å²) < 4.78 is 10.4. The second kappa shape index (κ2) is 9.11. The highest BCUT2D eigenvalue weighted by Crippen LogP contribution is 2.13. The van der Waals surface area contributed by atoms with E-state index in [2.05, 4.69) is 11.8 Å². The summed E-state index contributed by atoms with van der Waals surface area (Å²) in [4.78, 5) is 11.6. The highest BCUT2D eigenvalue weighted by Gasteiger charge is 1.96. The molecule has 0 aliphatic rings. The number of carbonyl (C=O) groups excluding carboxylic acids is 1. The molecule has 0 radical (unpaired) electrons. The van der Waals surface area contributed by atoms with Crippen LogP contribution in [0.4, 0.5) is 0 Å². The average Bonchev–Trinajstić information content (AvgIpc) is 2.59. The third-order valence-corrected chi connectivity index (χ3v) is 2.90. The third-order valence-electron chi connectivity index (χ3n) is 2.90. The lowest BCUT2D eigenvalue weighted by molar-refractivity contribution is -0.136. The van der Waals surface area contributed by atoms with E-state index in [9.17, 15) is 4.79 Å². The smallest absolute Gasteiger partial charge is 0.331 e. The quantitative estimate of drug-likeness (QED) is 0.480. The van der Waals surface area contributed by atoms with Gasteiger partial charge in [0.25, 0.3) is 0 Å². The highest BCUT2D eigenvalue weighted by molar-refractivity contribution is 5.87. The fourth-order valence-corrected chi connectivity index (χ4v) is 1.82. The fourth-order valence-electron chi connectivity index (χ4n) is 1.82. The predicted octanol–water partition coefficient (Wildman–Crippen LogP) is 3.69. The Labute approximate surface area is 136 Å². The minimum absolute atomic E-state index is 0.0708. The van der Waals surface area contributed by atoms with Crippen molar-refractivity contribution in [2.45, 2.75) is 6.92 Å². The zero-order valence-electron chi connectivity index (χ0n) is 13.0. The van der Waals surface area contributed by atoms with Gasteiger partial charge in [-0.1, -0.05) is 42.2 Å². The van der Waals surface area contributed by atoms with Crippen LogP contribution in [0.3, 0.4) is 0 Å².